The van der Waals surface area contributed by atoms with Crippen molar-refractivity contribution in [2.75, 3.05) is 4.90 Å². The monoisotopic (exact) mass is 390 g/mol. The van der Waals surface area contributed by atoms with E-state index in [-0.39, 0.29) is 16.7 Å². The number of aryl methyl sites for hydroxylation is 1. The molecule has 2 aromatic rings. The summed E-state index contributed by atoms with van der Waals surface area (Å²) in [6.45, 7) is 1.97. The molecule has 0 aliphatic carbocycles. The van der Waals surface area contributed by atoms with E-state index >= 15 is 0 Å². The maximum absolute atomic E-state index is 13.9. The maximum Gasteiger partial charge on any atom is 0.281 e. The molecule has 2 aromatic carbocycles. The average molecular weight is 391 g/mol. The molecule has 0 saturated carbocycles. The molecule has 3 rings (SSSR count). The highest BCUT2D eigenvalue weighted by molar-refractivity contribution is 9.10. The van der Waals surface area contributed by atoms with Crippen LogP contribution in [0.5, 0.6) is 0 Å². The van der Waals surface area contributed by atoms with Gasteiger partial charge in [0, 0.05) is 10.0 Å². The second-order valence-corrected chi connectivity index (χ2v) is 6.43. The first-order valence-electron chi connectivity index (χ1n) is 6.84. The van der Waals surface area contributed by atoms with Crippen molar-refractivity contribution in [3.05, 3.63) is 69.6 Å². The molecule has 6 heteroatoms. The Morgan fingerprint density at radius 3 is 2.61 bits per heavy atom. The molecule has 1 amide bonds. The van der Waals surface area contributed by atoms with Crippen molar-refractivity contribution < 1.29 is 9.18 Å². The lowest BCUT2D eigenvalue weighted by Crippen LogP contribution is -2.30. The Morgan fingerprint density at radius 1 is 1.22 bits per heavy atom. The van der Waals surface area contributed by atoms with Crippen LogP contribution in [-0.4, -0.2) is 11.0 Å². The minimum Gasteiger partial charge on any atom is -0.327 e. The number of benzene rings is 2. The predicted molar refractivity (Wildman–Crippen MR) is 96.5 cm³/mol. The van der Waals surface area contributed by atoms with Crippen LogP contribution in [-0.2, 0) is 4.79 Å². The normalized spacial score (nSPS) is 16.1. The number of rotatable bonds is 2. The summed E-state index contributed by atoms with van der Waals surface area (Å²) in [5.74, 6) is -0.715. The molecule has 1 N–H and O–H groups in total. The smallest absolute Gasteiger partial charge is 0.281 e. The third-order valence-corrected chi connectivity index (χ3v) is 4.21. The number of halogens is 2. The molecule has 23 heavy (non-hydrogen) atoms. The van der Waals surface area contributed by atoms with Crippen molar-refractivity contribution in [1.29, 1.82) is 0 Å². The summed E-state index contributed by atoms with van der Waals surface area (Å²) in [6.07, 6.45) is 1.46. The van der Waals surface area contributed by atoms with Crippen LogP contribution in [0.15, 0.2) is 52.6 Å². The molecule has 0 bridgehead atoms. The molecule has 1 aliphatic rings. The molecule has 1 fully saturated rings. The van der Waals surface area contributed by atoms with Crippen molar-refractivity contribution in [2.45, 2.75) is 6.92 Å². The Kier molecular flexibility index (Phi) is 4.28. The van der Waals surface area contributed by atoms with Crippen LogP contribution in [0.4, 0.5) is 10.1 Å². The molecule has 0 spiro atoms. The predicted octanol–water partition coefficient (Wildman–Crippen LogP) is 4.16. The van der Waals surface area contributed by atoms with Gasteiger partial charge >= 0.3 is 0 Å². The van der Waals surface area contributed by atoms with Gasteiger partial charge in [-0.05, 0) is 55.5 Å². The Bertz CT molecular complexity index is 833. The summed E-state index contributed by atoms with van der Waals surface area (Å²) in [6, 6.07) is 12.0. The molecular weight excluding hydrogens is 379 g/mol. The minimum absolute atomic E-state index is 0.243. The number of carbonyl (C=O) groups excluding carboxylic acids is 1. The molecule has 0 atom stereocenters. The van der Waals surface area contributed by atoms with Gasteiger partial charge in [-0.1, -0.05) is 33.6 Å². The molecule has 3 nitrogen and oxygen atoms in total. The highest BCUT2D eigenvalue weighted by atomic mass is 79.9. The molecule has 0 unspecified atom stereocenters. The highest BCUT2D eigenvalue weighted by Gasteiger charge is 2.32. The van der Waals surface area contributed by atoms with Crippen LogP contribution >= 0.6 is 28.1 Å². The van der Waals surface area contributed by atoms with Crippen LogP contribution in [0.1, 0.15) is 11.1 Å². The molecule has 1 aliphatic heterocycles. The van der Waals surface area contributed by atoms with Crippen LogP contribution in [0.25, 0.3) is 6.08 Å². The fourth-order valence-electron chi connectivity index (χ4n) is 2.24. The van der Waals surface area contributed by atoms with Crippen LogP contribution < -0.4 is 10.2 Å². The van der Waals surface area contributed by atoms with Crippen LogP contribution in [0.3, 0.4) is 0 Å². The standard InChI is InChI=1S/C17H12BrFN2OS/c1-10-2-5-13(6-3-10)21-16(22)15(20-17(21)23)9-11-8-12(18)4-7-14(11)19/h2-9H,1H3,(H,20,23)/b15-9+. The van der Waals surface area contributed by atoms with Crippen molar-refractivity contribution in [1.82, 2.24) is 5.32 Å². The van der Waals surface area contributed by atoms with Crippen molar-refractivity contribution in [3.63, 3.8) is 0 Å². The summed E-state index contributed by atoms with van der Waals surface area (Å²) < 4.78 is 14.6. The number of carbonyl (C=O) groups is 1. The third kappa shape index (κ3) is 3.18. The van der Waals surface area contributed by atoms with Gasteiger partial charge in [-0.3, -0.25) is 9.69 Å². The van der Waals surface area contributed by atoms with Gasteiger partial charge in [-0.15, -0.1) is 0 Å². The summed E-state index contributed by atoms with van der Waals surface area (Å²) in [4.78, 5) is 14.0. The number of nitrogens with one attached hydrogen (secondary N) is 1. The fraction of sp³-hybridized carbons (Fsp3) is 0.0588. The largest absolute Gasteiger partial charge is 0.327 e. The summed E-state index contributed by atoms with van der Waals surface area (Å²) >= 11 is 8.53. The Balaban J connectivity index is 1.96. The third-order valence-electron chi connectivity index (χ3n) is 3.43. The lowest BCUT2D eigenvalue weighted by molar-refractivity contribution is -0.113. The lowest BCUT2D eigenvalue weighted by atomic mass is 10.1. The first kappa shape index (κ1) is 15.8. The van der Waals surface area contributed by atoms with Gasteiger partial charge in [0.1, 0.15) is 11.5 Å². The van der Waals surface area contributed by atoms with E-state index in [1.807, 2.05) is 31.2 Å². The maximum atomic E-state index is 13.9. The Labute approximate surface area is 146 Å². The first-order chi connectivity index (χ1) is 11.0. The second-order valence-electron chi connectivity index (χ2n) is 5.13. The molecule has 0 aromatic heterocycles. The van der Waals surface area contributed by atoms with E-state index in [0.29, 0.717) is 11.3 Å². The van der Waals surface area contributed by atoms with E-state index in [1.165, 1.54) is 17.0 Å². The molecule has 0 radical (unpaired) electrons. The van der Waals surface area contributed by atoms with Crippen molar-refractivity contribution >= 4 is 50.9 Å². The minimum atomic E-state index is -0.407. The summed E-state index contributed by atoms with van der Waals surface area (Å²) in [7, 11) is 0. The van der Waals surface area contributed by atoms with Crippen molar-refractivity contribution in [2.24, 2.45) is 0 Å². The Hall–Kier alpha value is -2.05. The summed E-state index contributed by atoms with van der Waals surface area (Å²) in [5.41, 5.74) is 2.32. The molecule has 1 heterocycles. The van der Waals surface area contributed by atoms with Crippen LogP contribution in [0, 0.1) is 12.7 Å². The van der Waals surface area contributed by atoms with Gasteiger partial charge in [0.05, 0.1) is 5.69 Å². The van der Waals surface area contributed by atoms with E-state index in [2.05, 4.69) is 21.2 Å². The van der Waals surface area contributed by atoms with Gasteiger partial charge in [-0.25, -0.2) is 4.39 Å². The first-order valence-corrected chi connectivity index (χ1v) is 8.05. The van der Waals surface area contributed by atoms with Crippen LogP contribution in [0.2, 0.25) is 0 Å². The number of thiocarbonyl (C=S) groups is 1. The van der Waals surface area contributed by atoms with Gasteiger partial charge in [-0.2, -0.15) is 0 Å². The van der Waals surface area contributed by atoms with Gasteiger partial charge in [0.25, 0.3) is 5.91 Å². The zero-order valence-electron chi connectivity index (χ0n) is 12.1. The zero-order chi connectivity index (χ0) is 16.6. The lowest BCUT2D eigenvalue weighted by Gasteiger charge is -2.13. The number of nitrogens with zero attached hydrogens (tertiary/aromatic N) is 1. The topological polar surface area (TPSA) is 32.3 Å². The SMILES string of the molecule is Cc1ccc(N2C(=O)/C(=C\c3cc(Br)ccc3F)NC2=S)cc1. The van der Waals surface area contributed by atoms with Gasteiger partial charge < -0.3 is 5.32 Å². The Morgan fingerprint density at radius 2 is 1.91 bits per heavy atom. The molecule has 1 saturated heterocycles. The zero-order valence-corrected chi connectivity index (χ0v) is 14.5. The number of amides is 1. The van der Waals surface area contributed by atoms with Crippen molar-refractivity contribution in [3.8, 4) is 0 Å². The second kappa shape index (κ2) is 6.22. The molecular formula is C17H12BrFN2OS. The number of hydrogen-bond donors (Lipinski definition) is 1. The fourth-order valence-corrected chi connectivity index (χ4v) is 2.92. The van der Waals surface area contributed by atoms with E-state index < -0.39 is 5.82 Å². The van der Waals surface area contributed by atoms with Gasteiger partial charge in [0.15, 0.2) is 5.11 Å². The number of anilines is 1. The summed E-state index contributed by atoms with van der Waals surface area (Å²) in [5, 5.41) is 3.13. The van der Waals surface area contributed by atoms with E-state index in [9.17, 15) is 9.18 Å². The van der Waals surface area contributed by atoms with E-state index in [4.69, 9.17) is 12.2 Å². The quantitative estimate of drug-likeness (QED) is 0.617. The molecule has 116 valence electrons. The average Bonchev–Trinajstić information content (AvgIpc) is 2.79. The van der Waals surface area contributed by atoms with E-state index in [1.54, 1.807) is 12.1 Å². The number of hydrogen-bond acceptors (Lipinski definition) is 2. The highest BCUT2D eigenvalue weighted by Crippen LogP contribution is 2.24. The van der Waals surface area contributed by atoms with Gasteiger partial charge in [0.2, 0.25) is 0 Å². The van der Waals surface area contributed by atoms with E-state index in [0.717, 1.165) is 10.0 Å².